The Balaban J connectivity index is 0.694. The average Bonchev–Trinajstić information content (AvgIpc) is 1.51. The zero-order valence-corrected chi connectivity index (χ0v) is 61.8. The van der Waals surface area contributed by atoms with Gasteiger partial charge in [0.15, 0.2) is 0 Å². The largest absolute Gasteiger partial charge is 0.292 e. The number of hydrogen-bond donors (Lipinski definition) is 0. The van der Waals surface area contributed by atoms with Crippen LogP contribution in [0, 0.1) is 0 Å². The highest BCUT2D eigenvalue weighted by atomic mass is 15.1. The Labute approximate surface area is 659 Å². The van der Waals surface area contributed by atoms with Gasteiger partial charge in [-0.25, -0.2) is 19.9 Å². The van der Waals surface area contributed by atoms with Gasteiger partial charge in [0, 0.05) is 33.6 Å². The van der Waals surface area contributed by atoms with Gasteiger partial charge in [-0.05, 0) is 206 Å². The molecule has 20 aromatic rings. The van der Waals surface area contributed by atoms with Crippen LogP contribution < -0.4 is 0 Å². The van der Waals surface area contributed by atoms with Gasteiger partial charge in [0.2, 0.25) is 0 Å². The Morgan fingerprint density at radius 2 is 0.421 bits per heavy atom. The third-order valence-electron chi connectivity index (χ3n) is 24.8. The van der Waals surface area contributed by atoms with Crippen molar-refractivity contribution < 1.29 is 0 Å². The molecule has 6 heteroatoms. The summed E-state index contributed by atoms with van der Waals surface area (Å²) in [5.41, 5.74) is 41.5. The van der Waals surface area contributed by atoms with Gasteiger partial charge in [-0.1, -0.05) is 328 Å². The minimum absolute atomic E-state index is 0.556. The monoisotopic (exact) mass is 1450 g/mol. The van der Waals surface area contributed by atoms with Crippen LogP contribution in [0.15, 0.2) is 400 Å². The second kappa shape index (κ2) is 24.8. The number of imidazole rings is 2. The highest BCUT2D eigenvalue weighted by Crippen LogP contribution is 2.65. The number of rotatable bonds is 10. The molecule has 0 saturated carbocycles. The Morgan fingerprint density at radius 1 is 0.167 bits per heavy atom. The van der Waals surface area contributed by atoms with Gasteiger partial charge in [0.05, 0.1) is 55.3 Å². The fraction of sp³-hybridized carbons (Fsp3) is 0.0185. The average molecular weight is 1450 g/mol. The van der Waals surface area contributed by atoms with Crippen molar-refractivity contribution in [2.75, 3.05) is 0 Å². The minimum Gasteiger partial charge on any atom is -0.292 e. The summed E-state index contributed by atoms with van der Waals surface area (Å²) < 4.78 is 4.51. The molecule has 3 aromatic heterocycles. The van der Waals surface area contributed by atoms with Crippen molar-refractivity contribution in [3.8, 4) is 146 Å². The smallest absolute Gasteiger partial charge is 0.145 e. The van der Waals surface area contributed by atoms with Crippen molar-refractivity contribution in [2.45, 2.75) is 10.8 Å². The Kier molecular flexibility index (Phi) is 13.9. The van der Waals surface area contributed by atoms with Crippen molar-refractivity contribution in [1.29, 1.82) is 0 Å². The van der Waals surface area contributed by atoms with E-state index in [4.69, 9.17) is 19.9 Å². The molecule has 6 nitrogen and oxygen atoms in total. The fourth-order valence-corrected chi connectivity index (χ4v) is 19.9. The predicted molar refractivity (Wildman–Crippen MR) is 465 cm³/mol. The Morgan fingerprint density at radius 3 is 0.746 bits per heavy atom. The van der Waals surface area contributed by atoms with E-state index in [-0.39, 0.29) is 0 Å². The summed E-state index contributed by atoms with van der Waals surface area (Å²) in [5.74, 6) is 1.79. The lowest BCUT2D eigenvalue weighted by Gasteiger charge is -2.31. The first-order valence-corrected chi connectivity index (χ1v) is 39.2. The lowest BCUT2D eigenvalue weighted by Crippen LogP contribution is -2.25. The van der Waals surface area contributed by atoms with Crippen molar-refractivity contribution in [3.63, 3.8) is 0 Å². The quantitative estimate of drug-likeness (QED) is 0.137. The van der Waals surface area contributed by atoms with E-state index < -0.39 is 10.8 Å². The van der Waals surface area contributed by atoms with Crippen LogP contribution in [0.5, 0.6) is 0 Å². The first-order valence-electron chi connectivity index (χ1n) is 39.2. The van der Waals surface area contributed by atoms with E-state index in [9.17, 15) is 0 Å². The summed E-state index contributed by atoms with van der Waals surface area (Å²) in [6, 6.07) is 147. The molecule has 2 spiro atoms. The molecule has 528 valence electrons. The molecule has 0 radical (unpaired) electrons. The SMILES string of the molecule is c1ccc(-n2c(-c3ccc(-c4ccc(-c5nc6cc(-c7ccc8c(c7)C7(c9ccccc9-c9ccccc97)c7ccccc7-8)c(-c7ccc8c(c7)C7(c9ccccc9-c9ccccc97)c7ccccc7-8)cc6nc5-c5ccc(-c6ccc(-c7nc8ccccc8n7-c7ccccc7)cc6)cc5)cc4)cc3)nc3ccccc32)cc1. The molecule has 0 bridgehead atoms. The summed E-state index contributed by atoms with van der Waals surface area (Å²) in [4.78, 5) is 22.3. The van der Waals surface area contributed by atoms with E-state index in [1.54, 1.807) is 0 Å². The van der Waals surface area contributed by atoms with E-state index >= 15 is 0 Å². The molecular weight excluding hydrogens is 1380 g/mol. The van der Waals surface area contributed by atoms with Crippen molar-refractivity contribution >= 4 is 33.1 Å². The molecular formula is C108H66N6. The normalized spacial score (nSPS) is 13.2. The molecule has 114 heavy (non-hydrogen) atoms. The summed E-state index contributed by atoms with van der Waals surface area (Å²) in [5, 5.41) is 0. The molecule has 4 aliphatic carbocycles. The standard InChI is InChI=1S/C108H66N6/c1-3-23-77(24-4-1)113-101-41-21-19-39-97(101)111-105(113)73-55-47-69(48-56-73)67-43-51-71(52-44-67)103-104(72-53-45-68(46-54-72)70-49-57-74(58-50-70)106-112-98-40-20-22-42-102(98)114(106)78-25-5-2-6-26-78)110-100-66-88(76-60-62-86-84-32-12-18-38-94(84)108(96(86)64-76)91-35-15-9-29-81(91)82-30-10-16-36-92(82)108)87(65-99(100)109-103)75-59-61-85-83-31-11-17-37-93(83)107(95(85)63-75)89-33-13-7-27-79(89)80-28-8-14-34-90(80)107/h1-66H. The maximum absolute atomic E-state index is 5.95. The number of nitrogens with zero attached hydrogens (tertiary/aromatic N) is 6. The lowest BCUT2D eigenvalue weighted by molar-refractivity contribution is 0.794. The maximum atomic E-state index is 5.95. The van der Waals surface area contributed by atoms with Crippen molar-refractivity contribution in [3.05, 3.63) is 445 Å². The van der Waals surface area contributed by atoms with Crippen molar-refractivity contribution in [1.82, 2.24) is 29.1 Å². The third kappa shape index (κ3) is 9.25. The van der Waals surface area contributed by atoms with E-state index in [2.05, 4.69) is 410 Å². The van der Waals surface area contributed by atoms with Crippen LogP contribution in [-0.2, 0) is 10.8 Å². The lowest BCUT2D eigenvalue weighted by atomic mass is 9.70. The second-order valence-electron chi connectivity index (χ2n) is 30.6. The van der Waals surface area contributed by atoms with E-state index in [1.165, 1.54) is 89.0 Å². The molecule has 24 rings (SSSR count). The van der Waals surface area contributed by atoms with Gasteiger partial charge in [-0.3, -0.25) is 9.13 Å². The maximum Gasteiger partial charge on any atom is 0.145 e. The molecule has 0 N–H and O–H groups in total. The molecule has 0 unspecified atom stereocenters. The molecule has 0 fully saturated rings. The first kappa shape index (κ1) is 63.9. The van der Waals surface area contributed by atoms with Crippen LogP contribution in [-0.4, -0.2) is 29.1 Å². The fourth-order valence-electron chi connectivity index (χ4n) is 19.9. The summed E-state index contributed by atoms with van der Waals surface area (Å²) in [6.45, 7) is 0. The number of hydrogen-bond acceptors (Lipinski definition) is 4. The number of benzene rings is 17. The van der Waals surface area contributed by atoms with E-state index in [0.717, 1.165) is 134 Å². The molecule has 0 aliphatic heterocycles. The van der Waals surface area contributed by atoms with Gasteiger partial charge < -0.3 is 0 Å². The number of fused-ring (bicyclic) bond motifs is 23. The zero-order chi connectivity index (χ0) is 74.7. The number of para-hydroxylation sites is 6. The first-order chi connectivity index (χ1) is 56.5. The highest BCUT2D eigenvalue weighted by Gasteiger charge is 2.53. The topological polar surface area (TPSA) is 61.4 Å². The molecule has 0 atom stereocenters. The predicted octanol–water partition coefficient (Wildman–Crippen LogP) is 26.3. The van der Waals surface area contributed by atoms with Gasteiger partial charge in [-0.2, -0.15) is 0 Å². The Hall–Kier alpha value is -15.0. The van der Waals surface area contributed by atoms with Gasteiger partial charge in [-0.15, -0.1) is 0 Å². The van der Waals surface area contributed by atoms with Crippen LogP contribution >= 0.6 is 0 Å². The van der Waals surface area contributed by atoms with Crippen LogP contribution in [0.25, 0.3) is 179 Å². The molecule has 4 aliphatic rings. The molecule has 3 heterocycles. The molecule has 17 aromatic carbocycles. The summed E-state index contributed by atoms with van der Waals surface area (Å²) >= 11 is 0. The molecule has 0 amide bonds. The van der Waals surface area contributed by atoms with Crippen LogP contribution in [0.1, 0.15) is 44.5 Å². The highest BCUT2D eigenvalue weighted by molar-refractivity contribution is 6.03. The van der Waals surface area contributed by atoms with Gasteiger partial charge in [0.1, 0.15) is 11.6 Å². The van der Waals surface area contributed by atoms with Crippen LogP contribution in [0.4, 0.5) is 0 Å². The van der Waals surface area contributed by atoms with E-state index in [0.29, 0.717) is 0 Å². The van der Waals surface area contributed by atoms with E-state index in [1.807, 2.05) is 0 Å². The van der Waals surface area contributed by atoms with Crippen LogP contribution in [0.2, 0.25) is 0 Å². The van der Waals surface area contributed by atoms with Crippen LogP contribution in [0.3, 0.4) is 0 Å². The zero-order valence-electron chi connectivity index (χ0n) is 61.8. The Bertz CT molecular complexity index is 6810. The minimum atomic E-state index is -0.556. The molecule has 0 saturated heterocycles. The van der Waals surface area contributed by atoms with Gasteiger partial charge in [0.25, 0.3) is 0 Å². The number of aromatic nitrogens is 6. The van der Waals surface area contributed by atoms with Gasteiger partial charge >= 0.3 is 0 Å². The summed E-state index contributed by atoms with van der Waals surface area (Å²) in [6.07, 6.45) is 0. The third-order valence-corrected chi connectivity index (χ3v) is 24.8. The second-order valence-corrected chi connectivity index (χ2v) is 30.6. The summed E-state index contributed by atoms with van der Waals surface area (Å²) in [7, 11) is 0. The van der Waals surface area contributed by atoms with Crippen molar-refractivity contribution in [2.24, 2.45) is 0 Å².